The number of benzene rings is 2. The van der Waals surface area contributed by atoms with Crippen molar-refractivity contribution in [1.82, 2.24) is 34.6 Å². The van der Waals surface area contributed by atoms with E-state index in [0.29, 0.717) is 65.0 Å². The Balaban J connectivity index is 0.792. The Kier molecular flexibility index (Phi) is 10.2. The van der Waals surface area contributed by atoms with Crippen molar-refractivity contribution < 1.29 is 33.4 Å². The number of nitrogens with zero attached hydrogens (tertiary/aromatic N) is 7. The van der Waals surface area contributed by atoms with Crippen LogP contribution in [0.15, 0.2) is 48.9 Å². The number of nitrogens with one attached hydrogen (secondary N) is 2. The summed E-state index contributed by atoms with van der Waals surface area (Å²) in [5.41, 5.74) is 5.14. The van der Waals surface area contributed by atoms with Crippen molar-refractivity contribution in [3.8, 4) is 11.5 Å². The van der Waals surface area contributed by atoms with Crippen LogP contribution in [0.1, 0.15) is 94.6 Å². The van der Waals surface area contributed by atoms with Crippen molar-refractivity contribution >= 4 is 46.6 Å². The van der Waals surface area contributed by atoms with Crippen molar-refractivity contribution in [3.05, 3.63) is 76.7 Å². The summed E-state index contributed by atoms with van der Waals surface area (Å²) in [7, 11) is 1.57. The quantitative estimate of drug-likeness (QED) is 0.223. The highest BCUT2D eigenvalue weighted by atomic mass is 16.5. The van der Waals surface area contributed by atoms with Crippen molar-refractivity contribution in [1.29, 1.82) is 0 Å². The third-order valence-corrected chi connectivity index (χ3v) is 12.5. The normalized spacial score (nSPS) is 20.4. The van der Waals surface area contributed by atoms with Gasteiger partial charge in [-0.15, -0.1) is 0 Å². The molecule has 9 rings (SSSR count). The third kappa shape index (κ3) is 7.34. The summed E-state index contributed by atoms with van der Waals surface area (Å²) in [6.45, 7) is 9.23. The predicted molar refractivity (Wildman–Crippen MR) is 216 cm³/mol. The van der Waals surface area contributed by atoms with Gasteiger partial charge in [0.25, 0.3) is 17.7 Å². The standard InChI is InChI=1S/C43H49N9O7/c1-25(2)59-35-20-31-27(18-33(35)46-40(54)32-21-45-52-12-4-11-44-39(32)52)23-50(42(31)56)29-9-13-48(14-10-29)22-26-7-15-49(16-8-26)30-17-28-24-51(34-5-6-37(53)47-41(34)55)43(57)38(28)36(19-30)58-3/h4,11-12,17-21,25-26,29,34H,5-10,13-16,22-24H2,1-3H3,(H,46,54)(H,47,53,55). The molecule has 5 aliphatic rings. The molecular formula is C43H49N9O7. The summed E-state index contributed by atoms with van der Waals surface area (Å²) < 4.78 is 13.4. The lowest BCUT2D eigenvalue weighted by Crippen LogP contribution is -2.52. The zero-order valence-electron chi connectivity index (χ0n) is 33.6. The number of ether oxygens (including phenoxy) is 2. The van der Waals surface area contributed by atoms with Crippen LogP contribution in [-0.4, -0.2) is 117 Å². The number of hydrogen-bond acceptors (Lipinski definition) is 11. The molecule has 0 spiro atoms. The summed E-state index contributed by atoms with van der Waals surface area (Å²) in [4.78, 5) is 77.8. The second-order valence-electron chi connectivity index (χ2n) is 16.5. The van der Waals surface area contributed by atoms with Gasteiger partial charge < -0.3 is 34.4 Å². The van der Waals surface area contributed by atoms with E-state index >= 15 is 0 Å². The molecule has 2 N–H and O–H groups in total. The minimum absolute atomic E-state index is 0.000338. The molecule has 16 heteroatoms. The van der Waals surface area contributed by atoms with Crippen LogP contribution in [0.5, 0.6) is 11.5 Å². The fraction of sp³-hybridized carbons (Fsp3) is 0.465. The number of hydrogen-bond donors (Lipinski definition) is 2. The van der Waals surface area contributed by atoms with Gasteiger partial charge >= 0.3 is 0 Å². The van der Waals surface area contributed by atoms with Gasteiger partial charge in [-0.2, -0.15) is 5.10 Å². The Bertz CT molecular complexity index is 2340. The number of anilines is 2. The summed E-state index contributed by atoms with van der Waals surface area (Å²) >= 11 is 0. The van der Waals surface area contributed by atoms with Gasteiger partial charge in [-0.3, -0.25) is 29.3 Å². The number of piperidine rings is 3. The highest BCUT2D eigenvalue weighted by Crippen LogP contribution is 2.40. The second kappa shape index (κ2) is 15.6. The molecule has 5 aliphatic heterocycles. The predicted octanol–water partition coefficient (Wildman–Crippen LogP) is 3.88. The molecule has 0 bridgehead atoms. The zero-order chi connectivity index (χ0) is 40.9. The van der Waals surface area contributed by atoms with Gasteiger partial charge in [0.2, 0.25) is 11.8 Å². The van der Waals surface area contributed by atoms with Crippen molar-refractivity contribution in [2.45, 2.75) is 83.6 Å². The molecule has 0 aliphatic carbocycles. The molecule has 0 radical (unpaired) electrons. The van der Waals surface area contributed by atoms with Gasteiger partial charge in [-0.25, -0.2) is 9.50 Å². The van der Waals surface area contributed by atoms with Gasteiger partial charge in [0.15, 0.2) is 5.65 Å². The highest BCUT2D eigenvalue weighted by Gasteiger charge is 2.41. The Morgan fingerprint density at radius 2 is 1.69 bits per heavy atom. The monoisotopic (exact) mass is 803 g/mol. The first-order valence-corrected chi connectivity index (χ1v) is 20.6. The summed E-state index contributed by atoms with van der Waals surface area (Å²) in [6, 6.07) is 8.84. The summed E-state index contributed by atoms with van der Waals surface area (Å²) in [6.07, 6.45) is 9.07. The Hall–Kier alpha value is -6.03. The van der Waals surface area contributed by atoms with E-state index in [1.54, 1.807) is 41.1 Å². The number of imide groups is 1. The molecule has 5 amide bonds. The van der Waals surface area contributed by atoms with Gasteiger partial charge in [-0.05, 0) is 87.3 Å². The number of carbonyl (C=O) groups is 5. The number of amides is 5. The van der Waals surface area contributed by atoms with E-state index in [2.05, 4.69) is 36.6 Å². The number of rotatable bonds is 10. The van der Waals surface area contributed by atoms with Crippen LogP contribution < -0.4 is 25.0 Å². The highest BCUT2D eigenvalue weighted by molar-refractivity contribution is 6.10. The van der Waals surface area contributed by atoms with E-state index in [0.717, 1.165) is 75.2 Å². The maximum absolute atomic E-state index is 13.9. The first-order valence-electron chi connectivity index (χ1n) is 20.6. The molecule has 4 aromatic rings. The lowest BCUT2D eigenvalue weighted by atomic mass is 9.94. The van der Waals surface area contributed by atoms with Gasteiger partial charge in [0, 0.05) is 88.0 Å². The van der Waals surface area contributed by atoms with Gasteiger partial charge in [-0.1, -0.05) is 0 Å². The summed E-state index contributed by atoms with van der Waals surface area (Å²) in [5.74, 6) is 0.188. The van der Waals surface area contributed by atoms with E-state index < -0.39 is 11.9 Å². The molecule has 0 saturated carbocycles. The van der Waals surface area contributed by atoms with Crippen LogP contribution in [-0.2, 0) is 22.7 Å². The minimum Gasteiger partial charge on any atom is -0.496 e. The molecule has 59 heavy (non-hydrogen) atoms. The van der Waals surface area contributed by atoms with Crippen molar-refractivity contribution in [3.63, 3.8) is 0 Å². The van der Waals surface area contributed by atoms with Crippen LogP contribution in [0.2, 0.25) is 0 Å². The Morgan fingerprint density at radius 3 is 2.44 bits per heavy atom. The van der Waals surface area contributed by atoms with Crippen LogP contribution in [0, 0.1) is 5.92 Å². The lowest BCUT2D eigenvalue weighted by Gasteiger charge is -2.40. The van der Waals surface area contributed by atoms with E-state index in [-0.39, 0.29) is 42.2 Å². The maximum atomic E-state index is 13.9. The molecular weight excluding hydrogens is 755 g/mol. The molecule has 3 fully saturated rings. The molecule has 7 heterocycles. The van der Waals surface area contributed by atoms with E-state index in [9.17, 15) is 24.0 Å². The fourth-order valence-corrected chi connectivity index (χ4v) is 9.44. The molecule has 1 atom stereocenters. The van der Waals surface area contributed by atoms with Gasteiger partial charge in [0.1, 0.15) is 23.1 Å². The first kappa shape index (κ1) is 38.5. The van der Waals surface area contributed by atoms with E-state index in [1.807, 2.05) is 30.9 Å². The fourth-order valence-electron chi connectivity index (χ4n) is 9.44. The molecule has 2 aromatic carbocycles. The Morgan fingerprint density at radius 1 is 0.915 bits per heavy atom. The Labute approximate surface area is 341 Å². The minimum atomic E-state index is -0.672. The first-order chi connectivity index (χ1) is 28.5. The number of methoxy groups -OCH3 is 1. The van der Waals surface area contributed by atoms with Crippen LogP contribution >= 0.6 is 0 Å². The second-order valence-corrected chi connectivity index (χ2v) is 16.5. The van der Waals surface area contributed by atoms with Crippen molar-refractivity contribution in [2.24, 2.45) is 5.92 Å². The molecule has 1 unspecified atom stereocenters. The zero-order valence-corrected chi connectivity index (χ0v) is 33.6. The van der Waals surface area contributed by atoms with E-state index in [1.165, 1.54) is 6.20 Å². The van der Waals surface area contributed by atoms with Crippen LogP contribution in [0.3, 0.4) is 0 Å². The number of carbonyl (C=O) groups excluding carboxylic acids is 5. The number of likely N-dealkylation sites (tertiary alicyclic amines) is 1. The summed E-state index contributed by atoms with van der Waals surface area (Å²) in [5, 5.41) is 9.61. The largest absolute Gasteiger partial charge is 0.496 e. The smallest absolute Gasteiger partial charge is 0.261 e. The lowest BCUT2D eigenvalue weighted by molar-refractivity contribution is -0.136. The van der Waals surface area contributed by atoms with Crippen LogP contribution in [0.25, 0.3) is 5.65 Å². The van der Waals surface area contributed by atoms with Gasteiger partial charge in [0.05, 0.1) is 30.7 Å². The third-order valence-electron chi connectivity index (χ3n) is 12.5. The number of fused-ring (bicyclic) bond motifs is 3. The maximum Gasteiger partial charge on any atom is 0.261 e. The molecule has 2 aromatic heterocycles. The molecule has 308 valence electrons. The topological polar surface area (TPSA) is 171 Å². The molecule has 16 nitrogen and oxygen atoms in total. The van der Waals surface area contributed by atoms with E-state index in [4.69, 9.17) is 9.47 Å². The SMILES string of the molecule is COc1cc(N2CCC(CN3CCC(N4Cc5cc(NC(=O)c6cnn7cccnc67)c(OC(C)C)cc5C4=O)CC3)CC2)cc2c1C(=O)N(C1CCC(=O)NC1=O)C2. The number of aromatic nitrogens is 3. The van der Waals surface area contributed by atoms with Crippen LogP contribution in [0.4, 0.5) is 11.4 Å². The average Bonchev–Trinajstić information content (AvgIpc) is 3.91. The molecule has 3 saturated heterocycles. The van der Waals surface area contributed by atoms with Crippen molar-refractivity contribution in [2.75, 3.05) is 50.1 Å². The average molecular weight is 804 g/mol.